The minimum atomic E-state index is -2.26. The van der Waals surface area contributed by atoms with E-state index < -0.39 is 47.5 Å². The Hall–Kier alpha value is -1.88. The average Bonchev–Trinajstić information content (AvgIpc) is 2.41. The van der Waals surface area contributed by atoms with E-state index in [0.29, 0.717) is 0 Å². The number of nitrogens with zero attached hydrogens (tertiary/aromatic N) is 1. The zero-order valence-electron chi connectivity index (χ0n) is 10.6. The molecule has 0 amide bonds. The monoisotopic (exact) mass is 294 g/mol. The van der Waals surface area contributed by atoms with Crippen molar-refractivity contribution >= 4 is 0 Å². The lowest BCUT2D eigenvalue weighted by molar-refractivity contribution is 0.242. The maximum absolute atomic E-state index is 13.3. The highest BCUT2D eigenvalue weighted by molar-refractivity contribution is 5.29. The van der Waals surface area contributed by atoms with Gasteiger partial charge in [-0.05, 0) is 13.8 Å². The number of hydrogen-bond donors (Lipinski definition) is 1. The topological polar surface area (TPSA) is 45.0 Å². The molecule has 0 aliphatic carbocycles. The third-order valence-electron chi connectivity index (χ3n) is 2.25. The van der Waals surface area contributed by atoms with Crippen molar-refractivity contribution < 1.29 is 26.7 Å². The Morgan fingerprint density at radius 2 is 1.45 bits per heavy atom. The van der Waals surface area contributed by atoms with Gasteiger partial charge in [-0.3, -0.25) is 5.32 Å². The molecule has 1 rings (SSSR count). The van der Waals surface area contributed by atoms with Crippen molar-refractivity contribution in [2.75, 3.05) is 6.61 Å². The first-order valence-corrected chi connectivity index (χ1v) is 5.59. The number of halogens is 5. The lowest BCUT2D eigenvalue weighted by Gasteiger charge is -2.16. The van der Waals surface area contributed by atoms with Gasteiger partial charge >= 0.3 is 0 Å². The summed E-state index contributed by atoms with van der Waals surface area (Å²) in [6.45, 7) is 2.86. The Labute approximate surface area is 112 Å². The number of hydrogen-bond acceptors (Lipinski definition) is 3. The van der Waals surface area contributed by atoms with Gasteiger partial charge in [0.2, 0.25) is 29.1 Å². The number of benzene rings is 1. The van der Waals surface area contributed by atoms with E-state index in [9.17, 15) is 22.0 Å². The van der Waals surface area contributed by atoms with E-state index in [2.05, 4.69) is 10.1 Å². The first-order valence-electron chi connectivity index (χ1n) is 5.59. The molecule has 0 aliphatic rings. The summed E-state index contributed by atoms with van der Waals surface area (Å²) < 4.78 is 69.7. The van der Waals surface area contributed by atoms with Crippen molar-refractivity contribution in [1.29, 1.82) is 5.26 Å². The maximum atomic E-state index is 13.3. The standard InChI is InChI=1S/C12H11F5N2O/c1-5(2)19-6(3-18)4-20-12-10(16)8(14)7(13)9(15)11(12)17/h5-6,19H,4H2,1-2H3. The van der Waals surface area contributed by atoms with E-state index in [-0.39, 0.29) is 6.04 Å². The van der Waals surface area contributed by atoms with Crippen LogP contribution in [-0.2, 0) is 0 Å². The summed E-state index contributed by atoms with van der Waals surface area (Å²) in [5.74, 6) is -12.0. The quantitative estimate of drug-likeness (QED) is 0.516. The van der Waals surface area contributed by atoms with Crippen LogP contribution in [0.15, 0.2) is 0 Å². The number of nitriles is 1. The van der Waals surface area contributed by atoms with Crippen LogP contribution in [0.2, 0.25) is 0 Å². The van der Waals surface area contributed by atoms with Crippen LogP contribution in [0.1, 0.15) is 13.8 Å². The van der Waals surface area contributed by atoms with Crippen molar-refractivity contribution in [3.63, 3.8) is 0 Å². The largest absolute Gasteiger partial charge is 0.485 e. The molecular weight excluding hydrogens is 283 g/mol. The van der Waals surface area contributed by atoms with E-state index in [1.807, 2.05) is 0 Å². The molecule has 0 heterocycles. The second-order valence-corrected chi connectivity index (χ2v) is 4.21. The van der Waals surface area contributed by atoms with E-state index in [1.54, 1.807) is 19.9 Å². The molecule has 20 heavy (non-hydrogen) atoms. The van der Waals surface area contributed by atoms with Crippen LogP contribution in [0.25, 0.3) is 0 Å². The van der Waals surface area contributed by atoms with Crippen LogP contribution in [0.3, 0.4) is 0 Å². The normalized spacial score (nSPS) is 12.3. The first-order chi connectivity index (χ1) is 9.29. The molecule has 1 atom stereocenters. The molecule has 3 nitrogen and oxygen atoms in total. The molecule has 1 aromatic carbocycles. The van der Waals surface area contributed by atoms with E-state index in [4.69, 9.17) is 5.26 Å². The molecule has 1 N–H and O–H groups in total. The molecule has 110 valence electrons. The van der Waals surface area contributed by atoms with Crippen LogP contribution in [0.4, 0.5) is 22.0 Å². The van der Waals surface area contributed by atoms with Crippen LogP contribution < -0.4 is 10.1 Å². The fourth-order valence-electron chi connectivity index (χ4n) is 1.40. The van der Waals surface area contributed by atoms with Crippen LogP contribution in [0, 0.1) is 40.4 Å². The molecule has 0 saturated heterocycles. The molecule has 0 radical (unpaired) electrons. The van der Waals surface area contributed by atoms with E-state index in [1.165, 1.54) is 0 Å². The zero-order valence-corrected chi connectivity index (χ0v) is 10.6. The summed E-state index contributed by atoms with van der Waals surface area (Å²) in [5.41, 5.74) is 0. The first kappa shape index (κ1) is 16.2. The fraction of sp³-hybridized carbons (Fsp3) is 0.417. The van der Waals surface area contributed by atoms with Crippen LogP contribution in [-0.4, -0.2) is 18.7 Å². The fourth-order valence-corrected chi connectivity index (χ4v) is 1.40. The van der Waals surface area contributed by atoms with E-state index >= 15 is 0 Å². The molecule has 8 heteroatoms. The van der Waals surface area contributed by atoms with Gasteiger partial charge in [-0.2, -0.15) is 14.0 Å². The molecule has 0 aliphatic heterocycles. The van der Waals surface area contributed by atoms with Crippen LogP contribution >= 0.6 is 0 Å². The smallest absolute Gasteiger partial charge is 0.206 e. The third-order valence-corrected chi connectivity index (χ3v) is 2.25. The molecular formula is C12H11F5N2O. The van der Waals surface area contributed by atoms with Crippen molar-refractivity contribution in [2.24, 2.45) is 0 Å². The zero-order chi connectivity index (χ0) is 15.4. The van der Waals surface area contributed by atoms with Crippen molar-refractivity contribution in [3.8, 4) is 11.8 Å². The number of ether oxygens (including phenoxy) is 1. The van der Waals surface area contributed by atoms with Gasteiger partial charge in [-0.15, -0.1) is 0 Å². The highest BCUT2D eigenvalue weighted by Crippen LogP contribution is 2.29. The predicted molar refractivity (Wildman–Crippen MR) is 59.4 cm³/mol. The van der Waals surface area contributed by atoms with Crippen LogP contribution in [0.5, 0.6) is 5.75 Å². The predicted octanol–water partition coefficient (Wildman–Crippen LogP) is 2.65. The number of rotatable bonds is 5. The van der Waals surface area contributed by atoms with Gasteiger partial charge in [0, 0.05) is 6.04 Å². The summed E-state index contributed by atoms with van der Waals surface area (Å²) in [6, 6.07) is 0.662. The molecule has 1 unspecified atom stereocenters. The van der Waals surface area contributed by atoms with Gasteiger partial charge in [-0.25, -0.2) is 13.2 Å². The maximum Gasteiger partial charge on any atom is 0.206 e. The van der Waals surface area contributed by atoms with Crippen molar-refractivity contribution in [3.05, 3.63) is 29.1 Å². The Kier molecular flexibility index (Phi) is 5.27. The summed E-state index contributed by atoms with van der Waals surface area (Å²) in [5, 5.41) is 11.4. The second kappa shape index (κ2) is 6.52. The van der Waals surface area contributed by atoms with Gasteiger partial charge in [0.05, 0.1) is 6.07 Å². The van der Waals surface area contributed by atoms with Gasteiger partial charge in [0.15, 0.2) is 5.75 Å². The summed E-state index contributed by atoms with van der Waals surface area (Å²) >= 11 is 0. The Morgan fingerprint density at radius 1 is 1.00 bits per heavy atom. The van der Waals surface area contributed by atoms with Gasteiger partial charge in [-0.1, -0.05) is 0 Å². The minimum Gasteiger partial charge on any atom is -0.485 e. The minimum absolute atomic E-state index is 0.125. The highest BCUT2D eigenvalue weighted by Gasteiger charge is 2.27. The van der Waals surface area contributed by atoms with Crippen molar-refractivity contribution in [1.82, 2.24) is 5.32 Å². The third kappa shape index (κ3) is 3.36. The number of nitrogens with one attached hydrogen (secondary N) is 1. The SMILES string of the molecule is CC(C)NC(C#N)COc1c(F)c(F)c(F)c(F)c1F. The highest BCUT2D eigenvalue weighted by atomic mass is 19.2. The lowest BCUT2D eigenvalue weighted by atomic mass is 10.2. The molecule has 0 bridgehead atoms. The molecule has 1 aromatic rings. The second-order valence-electron chi connectivity index (χ2n) is 4.21. The average molecular weight is 294 g/mol. The van der Waals surface area contributed by atoms with Gasteiger partial charge in [0.1, 0.15) is 12.6 Å². The van der Waals surface area contributed by atoms with E-state index in [0.717, 1.165) is 0 Å². The van der Waals surface area contributed by atoms with Gasteiger partial charge < -0.3 is 4.74 Å². The van der Waals surface area contributed by atoms with Gasteiger partial charge in [0.25, 0.3) is 0 Å². The Morgan fingerprint density at radius 3 is 1.85 bits per heavy atom. The summed E-state index contributed by atoms with van der Waals surface area (Å²) in [6.07, 6.45) is 0. The Bertz CT molecular complexity index is 513. The molecule has 0 aromatic heterocycles. The van der Waals surface area contributed by atoms with Crippen molar-refractivity contribution in [2.45, 2.75) is 25.9 Å². The molecule has 0 spiro atoms. The summed E-state index contributed by atoms with van der Waals surface area (Å²) in [4.78, 5) is 0. The Balaban J connectivity index is 2.97. The molecule has 0 fully saturated rings. The summed E-state index contributed by atoms with van der Waals surface area (Å²) in [7, 11) is 0. The lowest BCUT2D eigenvalue weighted by Crippen LogP contribution is -2.38. The molecule has 0 saturated carbocycles.